The number of esters is 1. The van der Waals surface area contributed by atoms with Crippen molar-refractivity contribution >= 4 is 11.7 Å². The molecule has 4 nitrogen and oxygen atoms in total. The molecular weight excluding hydrogens is 312 g/mol. The van der Waals surface area contributed by atoms with Crippen molar-refractivity contribution in [2.75, 3.05) is 5.43 Å². The van der Waals surface area contributed by atoms with Crippen LogP contribution in [0.4, 0.5) is 5.69 Å². The first-order valence-corrected chi connectivity index (χ1v) is 8.12. The van der Waals surface area contributed by atoms with Crippen molar-refractivity contribution in [3.8, 4) is 5.75 Å². The summed E-state index contributed by atoms with van der Waals surface area (Å²) in [5.74, 6) is 0.187. The van der Waals surface area contributed by atoms with Crippen LogP contribution in [0.5, 0.6) is 5.75 Å². The minimum Gasteiger partial charge on any atom is -0.423 e. The highest BCUT2D eigenvalue weighted by Crippen LogP contribution is 2.15. The smallest absolute Gasteiger partial charge is 0.343 e. The molecule has 0 unspecified atom stereocenters. The summed E-state index contributed by atoms with van der Waals surface area (Å²) in [5, 5.41) is 0. The molecule has 3 aromatic carbocycles. The molecular formula is C21H20N2O2. The molecule has 0 bridgehead atoms. The minimum absolute atomic E-state index is 0.347. The van der Waals surface area contributed by atoms with E-state index in [9.17, 15) is 4.79 Å². The highest BCUT2D eigenvalue weighted by atomic mass is 16.5. The maximum absolute atomic E-state index is 12.1. The van der Waals surface area contributed by atoms with Crippen molar-refractivity contribution in [3.05, 3.63) is 95.6 Å². The van der Waals surface area contributed by atoms with E-state index in [1.54, 1.807) is 18.2 Å². The van der Waals surface area contributed by atoms with Crippen molar-refractivity contribution in [2.45, 2.75) is 13.5 Å². The van der Waals surface area contributed by atoms with Gasteiger partial charge in [0, 0.05) is 12.2 Å². The van der Waals surface area contributed by atoms with Crippen LogP contribution in [0.1, 0.15) is 21.5 Å². The Morgan fingerprint density at radius 3 is 2.40 bits per heavy atom. The molecule has 3 rings (SSSR count). The Labute approximate surface area is 147 Å². The number of nitrogens with one attached hydrogen (secondary N) is 2. The fourth-order valence-corrected chi connectivity index (χ4v) is 2.38. The van der Waals surface area contributed by atoms with E-state index in [2.05, 4.69) is 10.9 Å². The van der Waals surface area contributed by atoms with Gasteiger partial charge in [0.25, 0.3) is 0 Å². The van der Waals surface area contributed by atoms with Crippen LogP contribution in [0.2, 0.25) is 0 Å². The van der Waals surface area contributed by atoms with E-state index in [-0.39, 0.29) is 5.97 Å². The predicted molar refractivity (Wildman–Crippen MR) is 99.5 cm³/mol. The Hall–Kier alpha value is -3.11. The van der Waals surface area contributed by atoms with Gasteiger partial charge in [0.15, 0.2) is 0 Å². The Kier molecular flexibility index (Phi) is 5.44. The van der Waals surface area contributed by atoms with E-state index < -0.39 is 0 Å². The van der Waals surface area contributed by atoms with E-state index in [1.807, 2.05) is 67.6 Å². The van der Waals surface area contributed by atoms with Gasteiger partial charge < -0.3 is 10.2 Å². The van der Waals surface area contributed by atoms with E-state index in [4.69, 9.17) is 4.74 Å². The second-order valence-electron chi connectivity index (χ2n) is 5.75. The lowest BCUT2D eigenvalue weighted by molar-refractivity contribution is 0.0734. The maximum Gasteiger partial charge on any atom is 0.343 e. The molecule has 0 aromatic heterocycles. The number of aryl methyl sites for hydroxylation is 1. The molecule has 0 heterocycles. The summed E-state index contributed by atoms with van der Waals surface area (Å²) in [6, 6.07) is 24.7. The number of hydrogen-bond acceptors (Lipinski definition) is 4. The van der Waals surface area contributed by atoms with Crippen LogP contribution in [0.15, 0.2) is 78.9 Å². The summed E-state index contributed by atoms with van der Waals surface area (Å²) in [4.78, 5) is 12.1. The zero-order valence-corrected chi connectivity index (χ0v) is 14.0. The van der Waals surface area contributed by atoms with Gasteiger partial charge >= 0.3 is 5.97 Å². The van der Waals surface area contributed by atoms with Gasteiger partial charge in [-0.25, -0.2) is 10.2 Å². The SMILES string of the molecule is Cc1cccc(C(=O)Oc2ccc(CNNc3ccccc3)cc2)c1. The molecule has 0 spiro atoms. The normalized spacial score (nSPS) is 10.3. The molecule has 0 aliphatic heterocycles. The number of para-hydroxylation sites is 1. The topological polar surface area (TPSA) is 50.4 Å². The van der Waals surface area contributed by atoms with Crippen molar-refractivity contribution in [2.24, 2.45) is 0 Å². The molecule has 0 fully saturated rings. The summed E-state index contributed by atoms with van der Waals surface area (Å²) in [5.41, 5.74) is 9.95. The number of benzene rings is 3. The molecule has 0 radical (unpaired) electrons. The van der Waals surface area contributed by atoms with Gasteiger partial charge in [-0.3, -0.25) is 0 Å². The van der Waals surface area contributed by atoms with Crippen LogP contribution in [-0.2, 0) is 6.54 Å². The fraction of sp³-hybridized carbons (Fsp3) is 0.0952. The van der Waals surface area contributed by atoms with E-state index in [0.29, 0.717) is 17.9 Å². The molecule has 0 amide bonds. The van der Waals surface area contributed by atoms with Crippen LogP contribution < -0.4 is 15.6 Å². The van der Waals surface area contributed by atoms with Crippen LogP contribution in [-0.4, -0.2) is 5.97 Å². The van der Waals surface area contributed by atoms with Gasteiger partial charge in [0.2, 0.25) is 0 Å². The molecule has 0 aliphatic carbocycles. The standard InChI is InChI=1S/C21H20N2O2/c1-16-6-5-7-18(14-16)21(24)25-20-12-10-17(11-13-20)15-22-23-19-8-3-2-4-9-19/h2-14,22-23H,15H2,1H3. The number of carbonyl (C=O) groups excluding carboxylic acids is 1. The number of ether oxygens (including phenoxy) is 1. The third-order valence-corrected chi connectivity index (χ3v) is 3.69. The summed E-state index contributed by atoms with van der Waals surface area (Å²) in [7, 11) is 0. The Balaban J connectivity index is 1.52. The molecule has 0 aliphatic rings. The number of hydrogen-bond donors (Lipinski definition) is 2. The first kappa shape index (κ1) is 16.7. The second kappa shape index (κ2) is 8.13. The lowest BCUT2D eigenvalue weighted by Crippen LogP contribution is -2.20. The average Bonchev–Trinajstić information content (AvgIpc) is 2.64. The largest absolute Gasteiger partial charge is 0.423 e. The Bertz CT molecular complexity index is 830. The number of hydrazine groups is 1. The van der Waals surface area contributed by atoms with Gasteiger partial charge in [-0.1, -0.05) is 48.0 Å². The number of anilines is 1. The van der Waals surface area contributed by atoms with Crippen LogP contribution in [0.3, 0.4) is 0 Å². The summed E-state index contributed by atoms with van der Waals surface area (Å²) >= 11 is 0. The van der Waals surface area contributed by atoms with Crippen molar-refractivity contribution in [1.29, 1.82) is 0 Å². The summed E-state index contributed by atoms with van der Waals surface area (Å²) < 4.78 is 5.41. The maximum atomic E-state index is 12.1. The number of carbonyl (C=O) groups is 1. The average molecular weight is 332 g/mol. The zero-order valence-electron chi connectivity index (χ0n) is 14.0. The van der Waals surface area contributed by atoms with Crippen LogP contribution in [0.25, 0.3) is 0 Å². The van der Waals surface area contributed by atoms with Gasteiger partial charge in [0.05, 0.1) is 5.56 Å². The van der Waals surface area contributed by atoms with E-state index in [0.717, 1.165) is 16.8 Å². The van der Waals surface area contributed by atoms with Crippen LogP contribution >= 0.6 is 0 Å². The lowest BCUT2D eigenvalue weighted by atomic mass is 10.1. The number of rotatable bonds is 6. The fourth-order valence-electron chi connectivity index (χ4n) is 2.38. The van der Waals surface area contributed by atoms with Gasteiger partial charge in [-0.05, 0) is 48.9 Å². The molecule has 3 aromatic rings. The first-order chi connectivity index (χ1) is 12.2. The third kappa shape index (κ3) is 4.93. The quantitative estimate of drug-likeness (QED) is 0.401. The monoisotopic (exact) mass is 332 g/mol. The molecule has 0 saturated carbocycles. The Morgan fingerprint density at radius 1 is 0.920 bits per heavy atom. The van der Waals surface area contributed by atoms with E-state index in [1.165, 1.54) is 0 Å². The zero-order chi connectivity index (χ0) is 17.5. The molecule has 0 atom stereocenters. The van der Waals surface area contributed by atoms with Crippen molar-refractivity contribution < 1.29 is 9.53 Å². The molecule has 2 N–H and O–H groups in total. The molecule has 25 heavy (non-hydrogen) atoms. The van der Waals surface area contributed by atoms with E-state index >= 15 is 0 Å². The van der Waals surface area contributed by atoms with Gasteiger partial charge in [0.1, 0.15) is 5.75 Å². The molecule has 4 heteroatoms. The second-order valence-corrected chi connectivity index (χ2v) is 5.75. The van der Waals surface area contributed by atoms with Gasteiger partial charge in [-0.15, -0.1) is 0 Å². The van der Waals surface area contributed by atoms with Crippen molar-refractivity contribution in [1.82, 2.24) is 5.43 Å². The first-order valence-electron chi connectivity index (χ1n) is 8.12. The lowest BCUT2D eigenvalue weighted by Gasteiger charge is -2.09. The minimum atomic E-state index is -0.347. The predicted octanol–water partition coefficient (Wildman–Crippen LogP) is 4.33. The highest BCUT2D eigenvalue weighted by Gasteiger charge is 2.08. The van der Waals surface area contributed by atoms with Crippen molar-refractivity contribution in [3.63, 3.8) is 0 Å². The summed E-state index contributed by atoms with van der Waals surface area (Å²) in [6.45, 7) is 2.60. The molecule has 126 valence electrons. The highest BCUT2D eigenvalue weighted by molar-refractivity contribution is 5.91. The summed E-state index contributed by atoms with van der Waals surface area (Å²) in [6.07, 6.45) is 0. The third-order valence-electron chi connectivity index (χ3n) is 3.69. The Morgan fingerprint density at radius 2 is 1.68 bits per heavy atom. The van der Waals surface area contributed by atoms with Gasteiger partial charge in [-0.2, -0.15) is 0 Å². The molecule has 0 saturated heterocycles. The van der Waals surface area contributed by atoms with Crippen LogP contribution in [0, 0.1) is 6.92 Å².